The van der Waals surface area contributed by atoms with Crippen molar-refractivity contribution in [1.82, 2.24) is 15.1 Å². The third-order valence-corrected chi connectivity index (χ3v) is 14.6. The second-order valence-corrected chi connectivity index (χ2v) is 17.2. The first kappa shape index (κ1) is 33.7. The minimum atomic E-state index is -3.50. The van der Waals surface area contributed by atoms with Crippen molar-refractivity contribution in [3.05, 3.63) is 72.6 Å². The van der Waals surface area contributed by atoms with E-state index in [0.717, 1.165) is 82.5 Å². The number of nitrogens with zero attached hydrogens (tertiary/aromatic N) is 4. The third kappa shape index (κ3) is 5.46. The molecule has 0 spiro atoms. The standard InChI is InChI=1S/C38H46FN5O4S/c1-3-34(45)41-37-16-6-15-36(37,25-37)38(26-40,29-7-5-8-30(39)19-29)28-13-17-42(18-14-28)20-27-21-43(22-27)31-9-11-32(12-10-31)49(47,48)33-23-44(24-33)35(46)4-2/h4-5,7-12,19,27-28,33H,2-3,6,13-18,20-25H2,1H3,(H,41,45)/t36-,37+,38+/m1/s1. The van der Waals surface area contributed by atoms with Crippen LogP contribution < -0.4 is 10.2 Å². The minimum Gasteiger partial charge on any atom is -0.371 e. The topological polar surface area (TPSA) is 114 Å². The average molecular weight is 688 g/mol. The number of sulfone groups is 1. The molecule has 0 radical (unpaired) electrons. The van der Waals surface area contributed by atoms with Gasteiger partial charge in [0, 0.05) is 61.7 Å². The van der Waals surface area contributed by atoms with Crippen molar-refractivity contribution in [2.75, 3.05) is 50.7 Å². The van der Waals surface area contributed by atoms with Crippen LogP contribution in [0.3, 0.4) is 0 Å². The van der Waals surface area contributed by atoms with Crippen LogP contribution in [-0.4, -0.2) is 86.6 Å². The molecule has 2 aliphatic carbocycles. The summed E-state index contributed by atoms with van der Waals surface area (Å²) in [6, 6.07) is 16.5. The Balaban J connectivity index is 0.970. The van der Waals surface area contributed by atoms with Crippen LogP contribution in [0.4, 0.5) is 10.1 Å². The van der Waals surface area contributed by atoms with E-state index in [1.54, 1.807) is 24.3 Å². The van der Waals surface area contributed by atoms with Gasteiger partial charge in [-0.2, -0.15) is 5.26 Å². The van der Waals surface area contributed by atoms with Crippen LogP contribution in [0, 0.1) is 34.4 Å². The number of amides is 2. The Morgan fingerprint density at radius 3 is 2.45 bits per heavy atom. The number of anilines is 1. The Morgan fingerprint density at radius 2 is 1.82 bits per heavy atom. The average Bonchev–Trinajstić information content (AvgIpc) is 3.55. The highest BCUT2D eigenvalue weighted by atomic mass is 32.2. The van der Waals surface area contributed by atoms with Gasteiger partial charge in [-0.25, -0.2) is 12.8 Å². The summed E-state index contributed by atoms with van der Waals surface area (Å²) in [7, 11) is -3.50. The largest absolute Gasteiger partial charge is 0.371 e. The van der Waals surface area contributed by atoms with Gasteiger partial charge < -0.3 is 20.0 Å². The predicted molar refractivity (Wildman–Crippen MR) is 185 cm³/mol. The van der Waals surface area contributed by atoms with Crippen LogP contribution in [-0.2, 0) is 24.8 Å². The van der Waals surface area contributed by atoms with Crippen molar-refractivity contribution in [2.24, 2.45) is 17.3 Å². The zero-order chi connectivity index (χ0) is 34.6. The molecular formula is C38H46FN5O4S. The highest BCUT2D eigenvalue weighted by Gasteiger charge is 2.80. The van der Waals surface area contributed by atoms with Crippen molar-refractivity contribution in [3.8, 4) is 6.07 Å². The second kappa shape index (κ2) is 12.5. The molecule has 5 aliphatic rings. The summed E-state index contributed by atoms with van der Waals surface area (Å²) >= 11 is 0. The summed E-state index contributed by atoms with van der Waals surface area (Å²) in [5, 5.41) is 13.9. The summed E-state index contributed by atoms with van der Waals surface area (Å²) in [6.07, 6.45) is 6.76. The molecule has 2 saturated carbocycles. The van der Waals surface area contributed by atoms with Gasteiger partial charge in [-0.1, -0.05) is 32.1 Å². The van der Waals surface area contributed by atoms with Crippen LogP contribution in [0.5, 0.6) is 0 Å². The van der Waals surface area contributed by atoms with Gasteiger partial charge in [-0.3, -0.25) is 9.59 Å². The number of nitriles is 1. The molecule has 9 nitrogen and oxygen atoms in total. The fourth-order valence-electron chi connectivity index (χ4n) is 9.81. The van der Waals surface area contributed by atoms with Crippen molar-refractivity contribution >= 4 is 27.3 Å². The lowest BCUT2D eigenvalue weighted by Crippen LogP contribution is -2.56. The first-order chi connectivity index (χ1) is 23.5. The molecule has 260 valence electrons. The smallest absolute Gasteiger partial charge is 0.246 e. The highest BCUT2D eigenvalue weighted by molar-refractivity contribution is 7.92. The lowest BCUT2D eigenvalue weighted by molar-refractivity contribution is -0.129. The van der Waals surface area contributed by atoms with E-state index in [1.807, 2.05) is 25.1 Å². The number of halogens is 1. The summed E-state index contributed by atoms with van der Waals surface area (Å²) in [4.78, 5) is 30.9. The molecule has 7 rings (SSSR count). The number of carbonyl (C=O) groups is 2. The van der Waals surface area contributed by atoms with Crippen molar-refractivity contribution in [3.63, 3.8) is 0 Å². The molecule has 3 saturated heterocycles. The van der Waals surface area contributed by atoms with E-state index < -0.39 is 20.5 Å². The van der Waals surface area contributed by atoms with E-state index >= 15 is 0 Å². The Kier molecular flexibility index (Phi) is 8.63. The summed E-state index contributed by atoms with van der Waals surface area (Å²) in [5.41, 5.74) is 0.119. The van der Waals surface area contributed by atoms with E-state index in [4.69, 9.17) is 0 Å². The molecule has 2 aromatic rings. The number of nitrogens with one attached hydrogen (secondary N) is 1. The SMILES string of the molecule is C=CC(=O)N1CC(S(=O)(=O)c2ccc(N3CC(CN4CCC([C@@](C#N)(c5cccc(F)c5)[C@@]56CCC[C@]5(NC(=O)CC)C6)CC4)C3)cc2)C1. The van der Waals surface area contributed by atoms with Gasteiger partial charge in [0.15, 0.2) is 9.84 Å². The number of benzene rings is 2. The summed E-state index contributed by atoms with van der Waals surface area (Å²) in [5.74, 6) is -0.00745. The van der Waals surface area contributed by atoms with Crippen LogP contribution in [0.25, 0.3) is 0 Å². The maximum atomic E-state index is 14.7. The van der Waals surface area contributed by atoms with E-state index in [-0.39, 0.29) is 52.5 Å². The molecule has 0 bridgehead atoms. The van der Waals surface area contributed by atoms with Crippen molar-refractivity contribution in [1.29, 1.82) is 5.26 Å². The third-order valence-electron chi connectivity index (χ3n) is 12.5. The van der Waals surface area contributed by atoms with E-state index in [9.17, 15) is 27.7 Å². The highest BCUT2D eigenvalue weighted by Crippen LogP contribution is 2.76. The zero-order valence-corrected chi connectivity index (χ0v) is 29.1. The number of carbonyl (C=O) groups excluding carboxylic acids is 2. The molecule has 49 heavy (non-hydrogen) atoms. The van der Waals surface area contributed by atoms with Gasteiger partial charge in [0.25, 0.3) is 0 Å². The van der Waals surface area contributed by atoms with E-state index in [0.29, 0.717) is 12.3 Å². The lowest BCUT2D eigenvalue weighted by atomic mass is 9.57. The molecule has 0 unspecified atom stereocenters. The van der Waals surface area contributed by atoms with Crippen molar-refractivity contribution in [2.45, 2.75) is 73.0 Å². The van der Waals surface area contributed by atoms with Gasteiger partial charge >= 0.3 is 0 Å². The van der Waals surface area contributed by atoms with Gasteiger partial charge in [0.1, 0.15) is 11.1 Å². The Labute approximate surface area is 289 Å². The monoisotopic (exact) mass is 687 g/mol. The van der Waals surface area contributed by atoms with E-state index in [1.165, 1.54) is 17.0 Å². The number of likely N-dealkylation sites (tertiary alicyclic amines) is 2. The fraction of sp³-hybridized carbons (Fsp3) is 0.553. The summed E-state index contributed by atoms with van der Waals surface area (Å²) in [6.45, 7) is 10.2. The second-order valence-electron chi connectivity index (χ2n) is 15.0. The number of piperidine rings is 1. The molecule has 3 atom stereocenters. The number of fused-ring (bicyclic) bond motifs is 1. The van der Waals surface area contributed by atoms with Gasteiger partial charge in [-0.05, 0) is 99.1 Å². The van der Waals surface area contributed by atoms with Crippen LogP contribution in [0.2, 0.25) is 0 Å². The Bertz CT molecular complexity index is 1780. The predicted octanol–water partition coefficient (Wildman–Crippen LogP) is 4.44. The lowest BCUT2D eigenvalue weighted by Gasteiger charge is -2.48. The zero-order valence-electron chi connectivity index (χ0n) is 28.2. The molecule has 3 aliphatic heterocycles. The maximum absolute atomic E-state index is 14.7. The number of hydrogen-bond donors (Lipinski definition) is 1. The molecule has 2 aromatic carbocycles. The fourth-order valence-corrected chi connectivity index (χ4v) is 11.5. The number of hydrogen-bond acceptors (Lipinski definition) is 7. The van der Waals surface area contributed by atoms with Gasteiger partial charge in [-0.15, -0.1) is 0 Å². The molecule has 0 aromatic heterocycles. The molecule has 1 N–H and O–H groups in total. The van der Waals surface area contributed by atoms with Gasteiger partial charge in [0.2, 0.25) is 11.8 Å². The quantitative estimate of drug-likeness (QED) is 0.348. The van der Waals surface area contributed by atoms with Crippen LogP contribution in [0.1, 0.15) is 57.4 Å². The molecule has 2 amide bonds. The number of rotatable bonds is 11. The first-order valence-electron chi connectivity index (χ1n) is 17.7. The van der Waals surface area contributed by atoms with E-state index in [2.05, 4.69) is 27.8 Å². The molecular weight excluding hydrogens is 642 g/mol. The maximum Gasteiger partial charge on any atom is 0.246 e. The van der Waals surface area contributed by atoms with Crippen molar-refractivity contribution < 1.29 is 22.4 Å². The molecule has 3 heterocycles. The van der Waals surface area contributed by atoms with Crippen LogP contribution >= 0.6 is 0 Å². The summed E-state index contributed by atoms with van der Waals surface area (Å²) < 4.78 is 40.8. The molecule has 11 heteroatoms. The normalized spacial score (nSPS) is 27.3. The minimum absolute atomic E-state index is 0.0172. The Morgan fingerprint density at radius 1 is 1.10 bits per heavy atom. The van der Waals surface area contributed by atoms with Gasteiger partial charge in [0.05, 0.1) is 16.4 Å². The van der Waals surface area contributed by atoms with Crippen LogP contribution in [0.15, 0.2) is 66.1 Å². The first-order valence-corrected chi connectivity index (χ1v) is 19.3. The molecule has 5 fully saturated rings. The Hall–Kier alpha value is -3.75.